The monoisotopic (exact) mass is 313 g/mol. The third kappa shape index (κ3) is 5.04. The van der Waals surface area contributed by atoms with Gasteiger partial charge in [0.05, 0.1) is 12.4 Å². The van der Waals surface area contributed by atoms with Crippen molar-refractivity contribution in [3.8, 4) is 5.75 Å². The van der Waals surface area contributed by atoms with Gasteiger partial charge in [-0.25, -0.2) is 8.42 Å². The van der Waals surface area contributed by atoms with E-state index in [9.17, 15) is 13.2 Å². The molecule has 1 aromatic rings. The zero-order valence-electron chi connectivity index (χ0n) is 13.0. The number of carbonyl (C=O) groups is 1. The molecule has 0 unspecified atom stereocenters. The van der Waals surface area contributed by atoms with Crippen LogP contribution >= 0.6 is 0 Å². The SMILES string of the molecule is CCOc1ccc(C(=O)N(C)[C@H](C)CS(=O)(=O)CC)cc1. The topological polar surface area (TPSA) is 63.7 Å². The van der Waals surface area contributed by atoms with E-state index in [0.29, 0.717) is 17.9 Å². The fraction of sp³-hybridized carbons (Fsp3) is 0.533. The highest BCUT2D eigenvalue weighted by molar-refractivity contribution is 7.91. The molecule has 1 aromatic carbocycles. The minimum Gasteiger partial charge on any atom is -0.494 e. The highest BCUT2D eigenvalue weighted by Crippen LogP contribution is 2.14. The van der Waals surface area contributed by atoms with Gasteiger partial charge in [0.1, 0.15) is 5.75 Å². The molecule has 0 saturated carbocycles. The van der Waals surface area contributed by atoms with Crippen molar-refractivity contribution >= 4 is 15.7 Å². The minimum absolute atomic E-state index is 0.0250. The van der Waals surface area contributed by atoms with Gasteiger partial charge >= 0.3 is 0 Å². The molecule has 0 N–H and O–H groups in total. The molecule has 0 radical (unpaired) electrons. The molecule has 0 bridgehead atoms. The zero-order valence-corrected chi connectivity index (χ0v) is 13.8. The maximum atomic E-state index is 12.3. The second-order valence-corrected chi connectivity index (χ2v) is 7.32. The van der Waals surface area contributed by atoms with Crippen molar-refractivity contribution < 1.29 is 17.9 Å². The Morgan fingerprint density at radius 2 is 1.81 bits per heavy atom. The van der Waals surface area contributed by atoms with Crippen molar-refractivity contribution in [2.75, 3.05) is 25.2 Å². The molecule has 0 aliphatic rings. The number of amides is 1. The molecule has 0 aromatic heterocycles. The van der Waals surface area contributed by atoms with Crippen LogP contribution in [0.1, 0.15) is 31.1 Å². The quantitative estimate of drug-likeness (QED) is 0.772. The molecule has 0 fully saturated rings. The molecule has 1 rings (SSSR count). The molecule has 1 amide bonds. The van der Waals surface area contributed by atoms with Crippen molar-refractivity contribution in [3.05, 3.63) is 29.8 Å². The van der Waals surface area contributed by atoms with Crippen LogP contribution in [0.25, 0.3) is 0 Å². The van der Waals surface area contributed by atoms with Gasteiger partial charge in [-0.05, 0) is 38.1 Å². The van der Waals surface area contributed by atoms with Gasteiger partial charge in [-0.2, -0.15) is 0 Å². The highest BCUT2D eigenvalue weighted by atomic mass is 32.2. The summed E-state index contributed by atoms with van der Waals surface area (Å²) in [6.07, 6.45) is 0. The normalized spacial score (nSPS) is 12.8. The van der Waals surface area contributed by atoms with Crippen molar-refractivity contribution in [1.29, 1.82) is 0 Å². The summed E-state index contributed by atoms with van der Waals surface area (Å²) >= 11 is 0. The fourth-order valence-corrected chi connectivity index (χ4v) is 3.06. The van der Waals surface area contributed by atoms with E-state index in [1.54, 1.807) is 45.2 Å². The van der Waals surface area contributed by atoms with Crippen LogP contribution in [0.3, 0.4) is 0 Å². The van der Waals surface area contributed by atoms with E-state index in [4.69, 9.17) is 4.74 Å². The molecule has 6 heteroatoms. The van der Waals surface area contributed by atoms with Crippen molar-refractivity contribution in [3.63, 3.8) is 0 Å². The van der Waals surface area contributed by atoms with E-state index in [0.717, 1.165) is 0 Å². The Labute approximate surface area is 126 Å². The van der Waals surface area contributed by atoms with Crippen molar-refractivity contribution in [1.82, 2.24) is 4.90 Å². The van der Waals surface area contributed by atoms with Crippen LogP contribution in [0.2, 0.25) is 0 Å². The van der Waals surface area contributed by atoms with Crippen LogP contribution < -0.4 is 4.74 Å². The molecule has 1 atom stereocenters. The molecule has 0 aliphatic heterocycles. The van der Waals surface area contributed by atoms with Gasteiger partial charge in [-0.15, -0.1) is 0 Å². The van der Waals surface area contributed by atoms with Gasteiger partial charge in [0.15, 0.2) is 9.84 Å². The first kappa shape index (κ1) is 17.5. The summed E-state index contributed by atoms with van der Waals surface area (Å²) in [6.45, 7) is 5.80. The van der Waals surface area contributed by atoms with Gasteiger partial charge in [-0.3, -0.25) is 4.79 Å². The van der Waals surface area contributed by atoms with Crippen LogP contribution in [0.4, 0.5) is 0 Å². The lowest BCUT2D eigenvalue weighted by molar-refractivity contribution is 0.0757. The number of hydrogen-bond acceptors (Lipinski definition) is 4. The molecule has 118 valence electrons. The molecule has 0 spiro atoms. The number of carbonyl (C=O) groups excluding carboxylic acids is 1. The van der Waals surface area contributed by atoms with E-state index in [1.807, 2.05) is 6.92 Å². The van der Waals surface area contributed by atoms with E-state index in [2.05, 4.69) is 0 Å². The molecule has 5 nitrogen and oxygen atoms in total. The lowest BCUT2D eigenvalue weighted by atomic mass is 10.2. The zero-order chi connectivity index (χ0) is 16.0. The Morgan fingerprint density at radius 1 is 1.24 bits per heavy atom. The summed E-state index contributed by atoms with van der Waals surface area (Å²) in [7, 11) is -1.49. The first-order valence-corrected chi connectivity index (χ1v) is 8.83. The Hall–Kier alpha value is -1.56. The largest absolute Gasteiger partial charge is 0.494 e. The molecule has 0 heterocycles. The van der Waals surface area contributed by atoms with Crippen LogP contribution in [-0.2, 0) is 9.84 Å². The smallest absolute Gasteiger partial charge is 0.253 e. The summed E-state index contributed by atoms with van der Waals surface area (Å²) in [4.78, 5) is 13.8. The first-order chi connectivity index (χ1) is 9.80. The fourth-order valence-electron chi connectivity index (χ4n) is 1.86. The summed E-state index contributed by atoms with van der Waals surface area (Å²) in [5.74, 6) is 0.570. The number of benzene rings is 1. The number of rotatable bonds is 7. The van der Waals surface area contributed by atoms with Gasteiger partial charge in [-0.1, -0.05) is 6.92 Å². The second kappa shape index (κ2) is 7.45. The lowest BCUT2D eigenvalue weighted by Gasteiger charge is -2.24. The Kier molecular flexibility index (Phi) is 6.20. The number of sulfone groups is 1. The maximum Gasteiger partial charge on any atom is 0.253 e. The van der Waals surface area contributed by atoms with E-state index in [1.165, 1.54) is 4.90 Å². The van der Waals surface area contributed by atoms with Crippen LogP contribution in [0.15, 0.2) is 24.3 Å². The number of ether oxygens (including phenoxy) is 1. The molecule has 0 saturated heterocycles. The van der Waals surface area contributed by atoms with Crippen molar-refractivity contribution in [2.24, 2.45) is 0 Å². The van der Waals surface area contributed by atoms with Gasteiger partial charge in [0, 0.05) is 24.4 Å². The molecule has 0 aliphatic carbocycles. The Morgan fingerprint density at radius 3 is 2.29 bits per heavy atom. The predicted octanol–water partition coefficient (Wildman–Crippen LogP) is 1.98. The van der Waals surface area contributed by atoms with Crippen LogP contribution in [0.5, 0.6) is 5.75 Å². The summed E-state index contributed by atoms with van der Waals surface area (Å²) < 4.78 is 28.6. The third-order valence-electron chi connectivity index (χ3n) is 3.33. The van der Waals surface area contributed by atoms with Crippen molar-refractivity contribution in [2.45, 2.75) is 26.8 Å². The van der Waals surface area contributed by atoms with E-state index >= 15 is 0 Å². The lowest BCUT2D eigenvalue weighted by Crippen LogP contribution is -2.39. The summed E-state index contributed by atoms with van der Waals surface area (Å²) in [5.41, 5.74) is 0.515. The molecular weight excluding hydrogens is 290 g/mol. The average molecular weight is 313 g/mol. The van der Waals surface area contributed by atoms with Crippen LogP contribution in [0, 0.1) is 0 Å². The second-order valence-electron chi connectivity index (χ2n) is 4.92. The van der Waals surface area contributed by atoms with Gasteiger partial charge in [0.2, 0.25) is 0 Å². The van der Waals surface area contributed by atoms with Gasteiger partial charge < -0.3 is 9.64 Å². The van der Waals surface area contributed by atoms with Gasteiger partial charge in [0.25, 0.3) is 5.91 Å². The average Bonchev–Trinajstić information content (AvgIpc) is 2.46. The summed E-state index contributed by atoms with van der Waals surface area (Å²) in [5, 5.41) is 0. The minimum atomic E-state index is -3.11. The Bertz CT molecular complexity index is 566. The molecule has 21 heavy (non-hydrogen) atoms. The number of nitrogens with zero attached hydrogens (tertiary/aromatic N) is 1. The third-order valence-corrected chi connectivity index (χ3v) is 5.20. The summed E-state index contributed by atoms with van der Waals surface area (Å²) in [6, 6.07) is 6.47. The van der Waals surface area contributed by atoms with Crippen LogP contribution in [-0.4, -0.2) is 50.4 Å². The number of hydrogen-bond donors (Lipinski definition) is 0. The Balaban J connectivity index is 2.77. The predicted molar refractivity (Wildman–Crippen MR) is 83.5 cm³/mol. The standard InChI is InChI=1S/C15H23NO4S/c1-5-20-14-9-7-13(8-10-14)15(17)16(4)12(3)11-21(18,19)6-2/h7-10,12H,5-6,11H2,1-4H3/t12-/m1/s1. The highest BCUT2D eigenvalue weighted by Gasteiger charge is 2.22. The first-order valence-electron chi connectivity index (χ1n) is 7.01. The maximum absolute atomic E-state index is 12.3. The molecular formula is C15H23NO4S. The van der Waals surface area contributed by atoms with E-state index < -0.39 is 9.84 Å². The van der Waals surface area contributed by atoms with E-state index in [-0.39, 0.29) is 23.5 Å².